The zero-order valence-electron chi connectivity index (χ0n) is 19.3. The number of amides is 1. The fourth-order valence-electron chi connectivity index (χ4n) is 3.20. The predicted octanol–water partition coefficient (Wildman–Crippen LogP) is 4.90. The number of carbonyl (C=O) groups is 1. The second-order valence-corrected chi connectivity index (χ2v) is 11.7. The van der Waals surface area contributed by atoms with E-state index in [2.05, 4.69) is 19.7 Å². The molecule has 190 valence electrons. The molecular formula is C25H21ClN4O5S2. The van der Waals surface area contributed by atoms with Gasteiger partial charge in [-0.2, -0.15) is 0 Å². The van der Waals surface area contributed by atoms with E-state index in [9.17, 15) is 21.6 Å². The lowest BCUT2D eigenvalue weighted by Crippen LogP contribution is -2.15. The van der Waals surface area contributed by atoms with Crippen LogP contribution in [0, 0.1) is 6.92 Å². The number of sulfonamides is 2. The Bertz CT molecular complexity index is 1640. The number of nitrogens with one attached hydrogen (secondary N) is 3. The molecule has 0 saturated carbocycles. The van der Waals surface area contributed by atoms with E-state index in [0.29, 0.717) is 5.69 Å². The summed E-state index contributed by atoms with van der Waals surface area (Å²) >= 11 is 6.25. The lowest BCUT2D eigenvalue weighted by molar-refractivity contribution is 0.102. The molecule has 3 N–H and O–H groups in total. The molecule has 0 saturated heterocycles. The number of pyridine rings is 1. The summed E-state index contributed by atoms with van der Waals surface area (Å²) in [5.41, 5.74) is 1.57. The van der Waals surface area contributed by atoms with E-state index < -0.39 is 26.0 Å². The zero-order chi connectivity index (χ0) is 26.6. The van der Waals surface area contributed by atoms with Gasteiger partial charge in [-0.05, 0) is 73.7 Å². The summed E-state index contributed by atoms with van der Waals surface area (Å²) in [7, 11) is -7.72. The Balaban J connectivity index is 1.43. The van der Waals surface area contributed by atoms with Gasteiger partial charge in [0, 0.05) is 17.4 Å². The molecule has 0 aliphatic heterocycles. The van der Waals surface area contributed by atoms with E-state index in [1.165, 1.54) is 66.9 Å². The molecule has 0 aliphatic carbocycles. The van der Waals surface area contributed by atoms with Crippen molar-refractivity contribution < 1.29 is 21.6 Å². The smallest absolute Gasteiger partial charge is 0.263 e. The van der Waals surface area contributed by atoms with E-state index in [4.69, 9.17) is 11.6 Å². The van der Waals surface area contributed by atoms with Crippen LogP contribution in [0.25, 0.3) is 0 Å². The van der Waals surface area contributed by atoms with Gasteiger partial charge in [0.05, 0.1) is 20.5 Å². The van der Waals surface area contributed by atoms with Crippen LogP contribution in [0.5, 0.6) is 0 Å². The molecule has 9 nitrogen and oxygen atoms in total. The third kappa shape index (κ3) is 6.45. The molecule has 0 radical (unpaired) electrons. The lowest BCUT2D eigenvalue weighted by atomic mass is 10.2. The number of aryl methyl sites for hydroxylation is 1. The van der Waals surface area contributed by atoms with Crippen LogP contribution < -0.4 is 14.8 Å². The summed E-state index contributed by atoms with van der Waals surface area (Å²) in [5.74, 6) is -0.335. The van der Waals surface area contributed by atoms with Gasteiger partial charge in [0.25, 0.3) is 26.0 Å². The Hall–Kier alpha value is -3.93. The number of anilines is 3. The Morgan fingerprint density at radius 3 is 2.00 bits per heavy atom. The van der Waals surface area contributed by atoms with Crippen LogP contribution >= 0.6 is 11.6 Å². The lowest BCUT2D eigenvalue weighted by Gasteiger charge is -2.12. The minimum Gasteiger partial charge on any atom is -0.322 e. The summed E-state index contributed by atoms with van der Waals surface area (Å²) in [6, 6.07) is 20.9. The standard InChI is InChI=1S/C25H21ClN4O5S2/c1-17-5-10-20(11-6-17)36(32,33)29-23-14-7-18(16-22(23)26)25(31)28-19-8-12-21(13-9-19)37(34,35)30-24-4-2-3-15-27-24/h2-16,29H,1H3,(H,27,30)(H,28,31). The maximum Gasteiger partial charge on any atom is 0.263 e. The number of nitrogens with zero attached hydrogens (tertiary/aromatic N) is 1. The molecule has 0 atom stereocenters. The monoisotopic (exact) mass is 556 g/mol. The third-order valence-electron chi connectivity index (χ3n) is 5.13. The van der Waals surface area contributed by atoms with Crippen LogP contribution in [0.4, 0.5) is 17.2 Å². The molecule has 0 fully saturated rings. The summed E-state index contributed by atoms with van der Waals surface area (Å²) < 4.78 is 55.1. The Morgan fingerprint density at radius 1 is 0.784 bits per heavy atom. The molecule has 3 aromatic carbocycles. The van der Waals surface area contributed by atoms with Crippen LogP contribution in [0.1, 0.15) is 15.9 Å². The van der Waals surface area contributed by atoms with Gasteiger partial charge in [0.2, 0.25) is 0 Å². The van der Waals surface area contributed by atoms with Crippen molar-refractivity contribution in [1.29, 1.82) is 0 Å². The molecule has 4 aromatic rings. The number of aromatic nitrogens is 1. The van der Waals surface area contributed by atoms with E-state index in [1.807, 2.05) is 6.92 Å². The highest BCUT2D eigenvalue weighted by atomic mass is 35.5. The number of carbonyl (C=O) groups excluding carboxylic acids is 1. The Kier molecular flexibility index (Phi) is 7.48. The van der Waals surface area contributed by atoms with E-state index in [-0.39, 0.29) is 31.9 Å². The van der Waals surface area contributed by atoms with Crippen molar-refractivity contribution in [2.45, 2.75) is 16.7 Å². The summed E-state index contributed by atoms with van der Waals surface area (Å²) in [4.78, 5) is 16.7. The molecule has 12 heteroatoms. The quantitative estimate of drug-likeness (QED) is 0.283. The molecule has 1 amide bonds. The normalized spacial score (nSPS) is 11.5. The van der Waals surface area contributed by atoms with Crippen molar-refractivity contribution in [3.63, 3.8) is 0 Å². The van der Waals surface area contributed by atoms with Crippen molar-refractivity contribution in [3.8, 4) is 0 Å². The van der Waals surface area contributed by atoms with Crippen molar-refractivity contribution in [2.24, 2.45) is 0 Å². The average Bonchev–Trinajstić information content (AvgIpc) is 2.86. The molecule has 1 heterocycles. The topological polar surface area (TPSA) is 134 Å². The van der Waals surface area contributed by atoms with Gasteiger partial charge in [0.1, 0.15) is 5.82 Å². The molecule has 37 heavy (non-hydrogen) atoms. The summed E-state index contributed by atoms with van der Waals surface area (Å²) in [6.45, 7) is 1.85. The SMILES string of the molecule is Cc1ccc(S(=O)(=O)Nc2ccc(C(=O)Nc3ccc(S(=O)(=O)Nc4ccccn4)cc3)cc2Cl)cc1. The first-order valence-electron chi connectivity index (χ1n) is 10.8. The van der Waals surface area contributed by atoms with Gasteiger partial charge in [-0.15, -0.1) is 0 Å². The van der Waals surface area contributed by atoms with Gasteiger partial charge >= 0.3 is 0 Å². The van der Waals surface area contributed by atoms with Crippen LogP contribution in [0.15, 0.2) is 101 Å². The van der Waals surface area contributed by atoms with Gasteiger partial charge in [0.15, 0.2) is 0 Å². The Labute approximate surface area is 219 Å². The minimum absolute atomic E-state index is 0.00981. The fourth-order valence-corrected chi connectivity index (χ4v) is 5.57. The molecule has 1 aromatic heterocycles. The zero-order valence-corrected chi connectivity index (χ0v) is 21.7. The van der Waals surface area contributed by atoms with E-state index >= 15 is 0 Å². The third-order valence-corrected chi connectivity index (χ3v) is 8.20. The first-order valence-corrected chi connectivity index (χ1v) is 14.1. The molecule has 0 bridgehead atoms. The highest BCUT2D eigenvalue weighted by Crippen LogP contribution is 2.27. The summed E-state index contributed by atoms with van der Waals surface area (Å²) in [5, 5.41) is 2.68. The second kappa shape index (κ2) is 10.6. The Morgan fingerprint density at radius 2 is 1.41 bits per heavy atom. The van der Waals surface area contributed by atoms with E-state index in [1.54, 1.807) is 24.3 Å². The van der Waals surface area contributed by atoms with Crippen molar-refractivity contribution in [3.05, 3.63) is 107 Å². The van der Waals surface area contributed by atoms with Gasteiger partial charge in [-0.25, -0.2) is 21.8 Å². The number of halogens is 1. The number of rotatable bonds is 8. The summed E-state index contributed by atoms with van der Waals surface area (Å²) in [6.07, 6.45) is 1.47. The molecule has 0 aliphatic rings. The molecule has 4 rings (SSSR count). The first-order chi connectivity index (χ1) is 17.5. The number of benzene rings is 3. The van der Waals surface area contributed by atoms with Gasteiger partial charge in [-0.1, -0.05) is 35.4 Å². The highest BCUT2D eigenvalue weighted by molar-refractivity contribution is 7.93. The second-order valence-electron chi connectivity index (χ2n) is 7.91. The van der Waals surface area contributed by atoms with Crippen LogP contribution in [0.3, 0.4) is 0 Å². The van der Waals surface area contributed by atoms with Gasteiger partial charge < -0.3 is 5.32 Å². The molecular weight excluding hydrogens is 536 g/mol. The van der Waals surface area contributed by atoms with Crippen molar-refractivity contribution in [2.75, 3.05) is 14.8 Å². The number of hydrogen-bond acceptors (Lipinski definition) is 6. The largest absolute Gasteiger partial charge is 0.322 e. The number of hydrogen-bond donors (Lipinski definition) is 3. The average molecular weight is 557 g/mol. The van der Waals surface area contributed by atoms with Crippen molar-refractivity contribution in [1.82, 2.24) is 4.98 Å². The molecule has 0 unspecified atom stereocenters. The van der Waals surface area contributed by atoms with E-state index in [0.717, 1.165) is 5.56 Å². The van der Waals surface area contributed by atoms with Crippen LogP contribution in [-0.2, 0) is 20.0 Å². The molecule has 0 spiro atoms. The minimum atomic E-state index is -3.86. The van der Waals surface area contributed by atoms with Crippen LogP contribution in [0.2, 0.25) is 5.02 Å². The van der Waals surface area contributed by atoms with Crippen molar-refractivity contribution >= 4 is 54.7 Å². The van der Waals surface area contributed by atoms with Crippen LogP contribution in [-0.4, -0.2) is 27.7 Å². The highest BCUT2D eigenvalue weighted by Gasteiger charge is 2.18. The first kappa shape index (κ1) is 26.1. The maximum absolute atomic E-state index is 12.7. The van der Waals surface area contributed by atoms with Gasteiger partial charge in [-0.3, -0.25) is 14.2 Å². The predicted molar refractivity (Wildman–Crippen MR) is 143 cm³/mol. The maximum atomic E-state index is 12.7. The fraction of sp³-hybridized carbons (Fsp3) is 0.0400.